The van der Waals surface area contributed by atoms with Crippen LogP contribution in [0, 0.1) is 12.8 Å². The first-order valence-corrected chi connectivity index (χ1v) is 11.8. The van der Waals surface area contributed by atoms with Gasteiger partial charge in [0.1, 0.15) is 12.4 Å². The lowest BCUT2D eigenvalue weighted by Crippen LogP contribution is -2.42. The van der Waals surface area contributed by atoms with Crippen molar-refractivity contribution in [1.29, 1.82) is 0 Å². The Hall–Kier alpha value is -0.760. The Morgan fingerprint density at radius 2 is 1.87 bits per heavy atom. The highest BCUT2D eigenvalue weighted by Crippen LogP contribution is 2.23. The van der Waals surface area contributed by atoms with Crippen LogP contribution in [-0.2, 0) is 13.6 Å². The third kappa shape index (κ3) is 11.1. The van der Waals surface area contributed by atoms with Crippen LogP contribution in [0.25, 0.3) is 0 Å². The molecule has 1 aromatic heterocycles. The van der Waals surface area contributed by atoms with Crippen molar-refractivity contribution in [3.05, 3.63) is 11.6 Å². The van der Waals surface area contributed by atoms with E-state index in [9.17, 15) is 13.2 Å². The first-order chi connectivity index (χ1) is 14.3. The van der Waals surface area contributed by atoms with Gasteiger partial charge in [0.25, 0.3) is 0 Å². The largest absolute Gasteiger partial charge is 0.401 e. The van der Waals surface area contributed by atoms with Crippen molar-refractivity contribution >= 4 is 41.7 Å². The van der Waals surface area contributed by atoms with Crippen molar-refractivity contribution < 1.29 is 13.2 Å². The minimum absolute atomic E-state index is 0. The van der Waals surface area contributed by atoms with E-state index in [1.165, 1.54) is 4.90 Å². The Labute approximate surface area is 204 Å². The van der Waals surface area contributed by atoms with Gasteiger partial charge in [0.2, 0.25) is 0 Å². The van der Waals surface area contributed by atoms with Crippen LogP contribution >= 0.6 is 35.7 Å². The van der Waals surface area contributed by atoms with Gasteiger partial charge in [-0.2, -0.15) is 24.9 Å². The Morgan fingerprint density at radius 3 is 2.45 bits per heavy atom. The molecule has 180 valence electrons. The number of nitrogens with zero attached hydrogens (tertiary/aromatic N) is 5. The molecule has 1 saturated heterocycles. The van der Waals surface area contributed by atoms with Crippen LogP contribution in [0.1, 0.15) is 37.3 Å². The smallest absolute Gasteiger partial charge is 0.356 e. The number of hydrogen-bond acceptors (Lipinski definition) is 5. The van der Waals surface area contributed by atoms with Crippen LogP contribution in [0.5, 0.6) is 0 Å². The van der Waals surface area contributed by atoms with E-state index < -0.39 is 12.7 Å². The topological polar surface area (TPSA) is 70.4 Å². The fourth-order valence-electron chi connectivity index (χ4n) is 3.42. The van der Waals surface area contributed by atoms with E-state index in [-0.39, 0.29) is 24.0 Å². The minimum atomic E-state index is -4.11. The van der Waals surface area contributed by atoms with Crippen molar-refractivity contribution in [3.8, 4) is 0 Å². The van der Waals surface area contributed by atoms with Gasteiger partial charge >= 0.3 is 6.18 Å². The third-order valence-corrected chi connectivity index (χ3v) is 6.03. The summed E-state index contributed by atoms with van der Waals surface area (Å²) >= 11 is 1.81. The number of guanidine groups is 1. The summed E-state index contributed by atoms with van der Waals surface area (Å²) < 4.78 is 39.5. The molecule has 12 heteroatoms. The molecule has 0 aliphatic carbocycles. The maximum Gasteiger partial charge on any atom is 0.401 e. The van der Waals surface area contributed by atoms with E-state index in [1.54, 1.807) is 0 Å². The van der Waals surface area contributed by atoms with E-state index in [1.807, 2.05) is 30.3 Å². The molecule has 0 aromatic carbocycles. The van der Waals surface area contributed by atoms with Crippen molar-refractivity contribution in [2.24, 2.45) is 18.0 Å². The summed E-state index contributed by atoms with van der Waals surface area (Å²) in [5, 5.41) is 14.9. The second-order valence-electron chi connectivity index (χ2n) is 7.71. The van der Waals surface area contributed by atoms with Crippen LogP contribution < -0.4 is 10.6 Å². The Balaban J connectivity index is 0.00000480. The highest BCUT2D eigenvalue weighted by Gasteiger charge is 2.32. The number of halogens is 4. The van der Waals surface area contributed by atoms with E-state index in [0.29, 0.717) is 25.6 Å². The number of aromatic nitrogens is 3. The SMILES string of the molecule is CSCCCNC(=NCc1nnc(C)n1C)NCCC1CCN(CC(F)(F)F)CC1.I. The second kappa shape index (κ2) is 14.4. The van der Waals surface area contributed by atoms with Gasteiger partial charge in [-0.05, 0) is 63.6 Å². The van der Waals surface area contributed by atoms with Crippen molar-refractivity contribution in [2.75, 3.05) is 44.7 Å². The van der Waals surface area contributed by atoms with Gasteiger partial charge < -0.3 is 15.2 Å². The summed E-state index contributed by atoms with van der Waals surface area (Å²) in [6, 6.07) is 0. The maximum atomic E-state index is 12.5. The zero-order chi connectivity index (χ0) is 22.0. The van der Waals surface area contributed by atoms with Gasteiger partial charge in [-0.25, -0.2) is 4.99 Å². The van der Waals surface area contributed by atoms with Crippen LogP contribution in [0.3, 0.4) is 0 Å². The summed E-state index contributed by atoms with van der Waals surface area (Å²) in [5.41, 5.74) is 0. The molecule has 0 atom stereocenters. The summed E-state index contributed by atoms with van der Waals surface area (Å²) in [4.78, 5) is 6.14. The van der Waals surface area contributed by atoms with E-state index in [0.717, 1.165) is 62.1 Å². The molecule has 7 nitrogen and oxygen atoms in total. The van der Waals surface area contributed by atoms with Crippen LogP contribution in [0.2, 0.25) is 0 Å². The quantitative estimate of drug-likeness (QED) is 0.193. The van der Waals surface area contributed by atoms with E-state index >= 15 is 0 Å². The normalized spacial score (nSPS) is 16.3. The number of aliphatic imine (C=N–C) groups is 1. The molecule has 0 saturated carbocycles. The second-order valence-corrected chi connectivity index (χ2v) is 8.70. The molecule has 1 aliphatic rings. The summed E-state index contributed by atoms with van der Waals surface area (Å²) in [7, 11) is 1.92. The number of alkyl halides is 3. The maximum absolute atomic E-state index is 12.5. The summed E-state index contributed by atoms with van der Waals surface area (Å²) in [6.45, 7) is 4.16. The van der Waals surface area contributed by atoms with E-state index in [2.05, 4.69) is 32.1 Å². The third-order valence-electron chi connectivity index (χ3n) is 5.33. The first kappa shape index (κ1) is 28.3. The van der Waals surface area contributed by atoms with Crippen molar-refractivity contribution in [1.82, 2.24) is 30.3 Å². The number of piperidine rings is 1. The summed E-state index contributed by atoms with van der Waals surface area (Å²) in [5.74, 6) is 3.92. The van der Waals surface area contributed by atoms with Gasteiger partial charge in [0, 0.05) is 20.1 Å². The fraction of sp³-hybridized carbons (Fsp3) is 0.842. The number of thioether (sulfide) groups is 1. The van der Waals surface area contributed by atoms with Crippen LogP contribution in [0.4, 0.5) is 13.2 Å². The Bertz CT molecular complexity index is 661. The molecule has 0 spiro atoms. The van der Waals surface area contributed by atoms with Crippen LogP contribution in [-0.4, -0.2) is 76.5 Å². The zero-order valence-corrected chi connectivity index (χ0v) is 21.7. The predicted octanol–water partition coefficient (Wildman–Crippen LogP) is 3.19. The lowest BCUT2D eigenvalue weighted by Gasteiger charge is -2.32. The molecule has 0 radical (unpaired) electrons. The highest BCUT2D eigenvalue weighted by molar-refractivity contribution is 14.0. The minimum Gasteiger partial charge on any atom is -0.356 e. The number of likely N-dealkylation sites (tertiary alicyclic amines) is 1. The van der Waals surface area contributed by atoms with Gasteiger partial charge in [-0.3, -0.25) is 4.90 Å². The molecule has 0 bridgehead atoms. The Kier molecular flexibility index (Phi) is 13.1. The predicted molar refractivity (Wildman–Crippen MR) is 131 cm³/mol. The number of aryl methyl sites for hydroxylation is 1. The van der Waals surface area contributed by atoms with E-state index in [4.69, 9.17) is 0 Å². The van der Waals surface area contributed by atoms with Crippen molar-refractivity contribution in [2.45, 2.75) is 45.3 Å². The molecule has 2 N–H and O–H groups in total. The van der Waals surface area contributed by atoms with Gasteiger partial charge in [0.05, 0.1) is 6.54 Å². The monoisotopic (exact) mass is 577 g/mol. The molecule has 1 fully saturated rings. The van der Waals surface area contributed by atoms with Gasteiger partial charge in [0.15, 0.2) is 11.8 Å². The molecule has 0 amide bonds. The fourth-order valence-corrected chi connectivity index (χ4v) is 3.85. The number of hydrogen-bond donors (Lipinski definition) is 2. The first-order valence-electron chi connectivity index (χ1n) is 10.4. The molecule has 2 rings (SSSR count). The Morgan fingerprint density at radius 1 is 1.19 bits per heavy atom. The highest BCUT2D eigenvalue weighted by atomic mass is 127. The molecule has 1 aliphatic heterocycles. The van der Waals surface area contributed by atoms with Crippen LogP contribution in [0.15, 0.2) is 4.99 Å². The average Bonchev–Trinajstić information content (AvgIpc) is 3.01. The molecule has 1 aromatic rings. The van der Waals surface area contributed by atoms with Crippen molar-refractivity contribution in [3.63, 3.8) is 0 Å². The summed E-state index contributed by atoms with van der Waals surface area (Å²) in [6.07, 6.45) is 1.57. The molecule has 0 unspecified atom stereocenters. The zero-order valence-electron chi connectivity index (χ0n) is 18.5. The lowest BCUT2D eigenvalue weighted by atomic mass is 9.93. The molecule has 31 heavy (non-hydrogen) atoms. The average molecular weight is 578 g/mol. The van der Waals surface area contributed by atoms with Gasteiger partial charge in [-0.1, -0.05) is 0 Å². The molecular weight excluding hydrogens is 542 g/mol. The molecule has 2 heterocycles. The van der Waals surface area contributed by atoms with Gasteiger partial charge in [-0.15, -0.1) is 34.2 Å². The number of rotatable bonds is 10. The molecular formula is C19H35F3IN7S. The lowest BCUT2D eigenvalue weighted by molar-refractivity contribution is -0.148. The number of nitrogens with one attached hydrogen (secondary N) is 2. The standard InChI is InChI=1S/C19H34F3N7S.HI/c1-15-26-27-17(28(15)2)13-25-18(23-8-4-12-30-3)24-9-5-16-6-10-29(11-7-16)14-19(20,21)22;/h16H,4-14H2,1-3H3,(H2,23,24,25);1H.